The van der Waals surface area contributed by atoms with Crippen LogP contribution in [0.4, 0.5) is 0 Å². The average molecular weight is 670 g/mol. The molecule has 0 aromatic heterocycles. The summed E-state index contributed by atoms with van der Waals surface area (Å²) in [5, 5.41) is 75.7. The van der Waals surface area contributed by atoms with Gasteiger partial charge in [-0.3, -0.25) is 4.79 Å². The van der Waals surface area contributed by atoms with Gasteiger partial charge in [-0.25, -0.2) is 0 Å². The first-order valence-electron chi connectivity index (χ1n) is 17.5. The Bertz CT molecular complexity index is 1230. The fourth-order valence-electron chi connectivity index (χ4n) is 5.85. The van der Waals surface area contributed by atoms with Crippen LogP contribution in [0.1, 0.15) is 95.6 Å². The summed E-state index contributed by atoms with van der Waals surface area (Å²) in [4.78, 5) is 11.0. The highest BCUT2D eigenvalue weighted by Gasteiger charge is 2.26. The Morgan fingerprint density at radius 3 is 2.23 bits per heavy atom. The van der Waals surface area contributed by atoms with E-state index in [0.29, 0.717) is 38.5 Å². The summed E-state index contributed by atoms with van der Waals surface area (Å²) in [6, 6.07) is 16.4. The molecule has 0 saturated heterocycles. The second-order valence-electron chi connectivity index (χ2n) is 13.3. The van der Waals surface area contributed by atoms with Gasteiger partial charge in [-0.05, 0) is 79.9 Å². The van der Waals surface area contributed by atoms with Crippen LogP contribution < -0.4 is 5.32 Å². The van der Waals surface area contributed by atoms with Gasteiger partial charge >= 0.3 is 5.97 Å². The van der Waals surface area contributed by atoms with Gasteiger partial charge in [0, 0.05) is 25.4 Å². The van der Waals surface area contributed by atoms with Crippen molar-refractivity contribution >= 4 is 5.97 Å². The minimum atomic E-state index is -1.16. The van der Waals surface area contributed by atoms with Crippen LogP contribution in [-0.4, -0.2) is 84.8 Å². The zero-order valence-electron chi connectivity index (χ0n) is 28.8. The summed E-state index contributed by atoms with van der Waals surface area (Å²) in [6.45, 7) is 3.55. The third-order valence-electron chi connectivity index (χ3n) is 8.65. The number of carboxylic acid groups (broad SMARTS) is 1. The Labute approximate surface area is 286 Å². The van der Waals surface area contributed by atoms with E-state index in [1.807, 2.05) is 43.3 Å². The maximum absolute atomic E-state index is 11.4. The lowest BCUT2D eigenvalue weighted by atomic mass is 9.87. The van der Waals surface area contributed by atoms with Crippen molar-refractivity contribution in [3.8, 4) is 5.75 Å². The number of aryl methyl sites for hydroxylation is 1. The molecule has 0 amide bonds. The first kappa shape index (κ1) is 41.1. The molecule has 9 nitrogen and oxygen atoms in total. The van der Waals surface area contributed by atoms with E-state index in [1.165, 1.54) is 0 Å². The van der Waals surface area contributed by atoms with E-state index in [0.717, 1.165) is 54.4 Å². The molecule has 0 aliphatic rings. The van der Waals surface area contributed by atoms with Crippen molar-refractivity contribution in [3.63, 3.8) is 0 Å². The highest BCUT2D eigenvalue weighted by Crippen LogP contribution is 2.27. The second kappa shape index (κ2) is 22.6. The summed E-state index contributed by atoms with van der Waals surface area (Å²) in [7, 11) is 0. The van der Waals surface area contributed by atoms with E-state index in [1.54, 1.807) is 37.3 Å². The van der Waals surface area contributed by atoms with Crippen LogP contribution in [0.2, 0.25) is 0 Å². The largest absolute Gasteiger partial charge is 0.508 e. The van der Waals surface area contributed by atoms with Crippen molar-refractivity contribution in [1.29, 1.82) is 0 Å². The lowest BCUT2D eigenvalue weighted by molar-refractivity contribution is -0.137. The molecule has 0 heterocycles. The number of rotatable bonds is 25. The minimum Gasteiger partial charge on any atom is -0.508 e. The van der Waals surface area contributed by atoms with Crippen LogP contribution in [-0.2, 0) is 17.6 Å². The molecule has 0 bridgehead atoms. The van der Waals surface area contributed by atoms with Crippen LogP contribution in [0, 0.1) is 0 Å². The number of hydrogen-bond acceptors (Lipinski definition) is 8. The third-order valence-corrected chi connectivity index (χ3v) is 8.65. The van der Waals surface area contributed by atoms with E-state index < -0.39 is 36.5 Å². The Hall–Kier alpha value is -3.05. The molecule has 48 heavy (non-hydrogen) atoms. The van der Waals surface area contributed by atoms with E-state index in [-0.39, 0.29) is 31.2 Å². The molecule has 0 unspecified atom stereocenters. The Morgan fingerprint density at radius 1 is 0.896 bits per heavy atom. The fourth-order valence-corrected chi connectivity index (χ4v) is 5.85. The van der Waals surface area contributed by atoms with Gasteiger partial charge in [0.05, 0.1) is 30.5 Å². The number of hydrogen-bond donors (Lipinski definition) is 8. The van der Waals surface area contributed by atoms with Crippen molar-refractivity contribution in [2.45, 2.75) is 127 Å². The maximum Gasteiger partial charge on any atom is 0.303 e. The van der Waals surface area contributed by atoms with Gasteiger partial charge in [-0.2, -0.15) is 0 Å². The third kappa shape index (κ3) is 16.9. The van der Waals surface area contributed by atoms with Crippen molar-refractivity contribution in [3.05, 3.63) is 89.0 Å². The highest BCUT2D eigenvalue weighted by molar-refractivity contribution is 5.66. The van der Waals surface area contributed by atoms with Gasteiger partial charge in [0.15, 0.2) is 0 Å². The van der Waals surface area contributed by atoms with Gasteiger partial charge in [0.1, 0.15) is 5.75 Å². The summed E-state index contributed by atoms with van der Waals surface area (Å²) < 4.78 is 0. The Morgan fingerprint density at radius 2 is 1.58 bits per heavy atom. The summed E-state index contributed by atoms with van der Waals surface area (Å²) in [6.07, 6.45) is 8.05. The number of aromatic hydroxyl groups is 1. The van der Waals surface area contributed by atoms with Crippen LogP contribution in [0.25, 0.3) is 0 Å². The van der Waals surface area contributed by atoms with E-state index in [9.17, 15) is 35.4 Å². The molecular weight excluding hydrogens is 610 g/mol. The number of phenols is 1. The van der Waals surface area contributed by atoms with Gasteiger partial charge in [-0.15, -0.1) is 0 Å². The number of carbonyl (C=O) groups is 1. The standard InChI is InChI=1S/C39H59NO8/c1-3-4-15-36(44)37(45)24-21-31(20-17-29-12-8-7-9-13-29)34(25-33(43)27-41)35(14-10-5-6-11-16-38(46)47)40-28-39(2,48)26-30-18-22-32(42)23-19-30/h7-9,12-13,18-19,21-24,33,35-37,40-45,48H,3-6,10-11,14-17,20,25-28H2,1-2H3,(H,46,47)/b24-21+,34-31+/t33-,35-,36-,37+,39-/m0/s1. The smallest absolute Gasteiger partial charge is 0.303 e. The summed E-state index contributed by atoms with van der Waals surface area (Å²) in [5.41, 5.74) is 2.55. The minimum absolute atomic E-state index is 0.122. The van der Waals surface area contributed by atoms with E-state index in [4.69, 9.17) is 5.11 Å². The van der Waals surface area contributed by atoms with Crippen molar-refractivity contribution in [1.82, 2.24) is 5.32 Å². The SMILES string of the molecule is CCCC[C@H](O)[C@H](O)/C=C/C(CCc1ccccc1)=C(\C[C@H](O)CO)[C@H](CCCCCCC(=O)O)NC[C@@](C)(O)Cc1ccc(O)cc1. The highest BCUT2D eigenvalue weighted by atomic mass is 16.4. The summed E-state index contributed by atoms with van der Waals surface area (Å²) >= 11 is 0. The molecule has 0 radical (unpaired) electrons. The molecule has 2 aromatic rings. The number of aliphatic carboxylic acids is 1. The Balaban J connectivity index is 2.47. The van der Waals surface area contributed by atoms with Crippen LogP contribution in [0.15, 0.2) is 77.9 Å². The van der Waals surface area contributed by atoms with E-state index in [2.05, 4.69) is 5.32 Å². The quantitative estimate of drug-likeness (QED) is 0.0522. The first-order chi connectivity index (χ1) is 22.9. The van der Waals surface area contributed by atoms with Crippen molar-refractivity contribution in [2.75, 3.05) is 13.2 Å². The molecule has 2 rings (SSSR count). The predicted octanol–water partition coefficient (Wildman–Crippen LogP) is 5.21. The molecule has 268 valence electrons. The van der Waals surface area contributed by atoms with Gasteiger partial charge < -0.3 is 41.1 Å². The van der Waals surface area contributed by atoms with Crippen molar-refractivity contribution < 1.29 is 40.5 Å². The van der Waals surface area contributed by atoms with Crippen LogP contribution in [0.5, 0.6) is 5.75 Å². The van der Waals surface area contributed by atoms with Gasteiger partial charge in [0.2, 0.25) is 0 Å². The number of carboxylic acids is 1. The number of allylic oxidation sites excluding steroid dienone is 2. The zero-order valence-corrected chi connectivity index (χ0v) is 28.8. The van der Waals surface area contributed by atoms with Crippen LogP contribution in [0.3, 0.4) is 0 Å². The monoisotopic (exact) mass is 669 g/mol. The number of phenolic OH excluding ortho intramolecular Hbond substituents is 1. The van der Waals surface area contributed by atoms with Crippen molar-refractivity contribution in [2.24, 2.45) is 0 Å². The molecular formula is C39H59NO8. The molecule has 0 aliphatic carbocycles. The topological polar surface area (TPSA) is 171 Å². The number of unbranched alkanes of at least 4 members (excludes halogenated alkanes) is 4. The zero-order chi connectivity index (χ0) is 35.4. The molecule has 0 aliphatic heterocycles. The predicted molar refractivity (Wildman–Crippen MR) is 190 cm³/mol. The number of nitrogens with one attached hydrogen (secondary N) is 1. The average Bonchev–Trinajstić information content (AvgIpc) is 3.06. The normalized spacial score (nSPS) is 16.2. The molecule has 2 aromatic carbocycles. The number of aliphatic hydroxyl groups is 5. The van der Waals surface area contributed by atoms with Crippen LogP contribution >= 0.6 is 0 Å². The second-order valence-corrected chi connectivity index (χ2v) is 13.3. The molecule has 8 N–H and O–H groups in total. The van der Waals surface area contributed by atoms with Gasteiger partial charge in [0.25, 0.3) is 0 Å². The first-order valence-corrected chi connectivity index (χ1v) is 17.5. The number of benzene rings is 2. The van der Waals surface area contributed by atoms with Gasteiger partial charge in [-0.1, -0.05) is 93.6 Å². The Kier molecular flexibility index (Phi) is 19.3. The fraction of sp³-hybridized carbons (Fsp3) is 0.564. The molecule has 9 heteroatoms. The lowest BCUT2D eigenvalue weighted by Crippen LogP contribution is -2.45. The lowest BCUT2D eigenvalue weighted by Gasteiger charge is -2.31. The molecule has 0 spiro atoms. The number of aliphatic hydroxyl groups excluding tert-OH is 4. The summed E-state index contributed by atoms with van der Waals surface area (Å²) in [5.74, 6) is -0.665. The maximum atomic E-state index is 11.4. The molecule has 0 saturated carbocycles. The molecule has 5 atom stereocenters. The molecule has 0 fully saturated rings. The van der Waals surface area contributed by atoms with E-state index >= 15 is 0 Å².